The molecular formula is C19H22NO6+. The number of carbonyl (C=O) groups is 1. The van der Waals surface area contributed by atoms with E-state index in [2.05, 4.69) is 4.84 Å². The topological polar surface area (TPSA) is 85.1 Å². The zero-order valence-electron chi connectivity index (χ0n) is 14.8. The van der Waals surface area contributed by atoms with Gasteiger partial charge in [0.1, 0.15) is 11.5 Å². The Morgan fingerprint density at radius 3 is 2.50 bits per heavy atom. The van der Waals surface area contributed by atoms with Crippen LogP contribution >= 0.6 is 0 Å². The van der Waals surface area contributed by atoms with Gasteiger partial charge in [-0.25, -0.2) is 9.63 Å². The first-order valence-corrected chi connectivity index (χ1v) is 8.12. The minimum Gasteiger partial charge on any atom is -0.497 e. The molecule has 1 atom stereocenters. The van der Waals surface area contributed by atoms with E-state index in [9.17, 15) is 14.8 Å². The molecule has 2 aromatic carbocycles. The molecule has 1 N–H and O–H groups in total. The van der Waals surface area contributed by atoms with Crippen LogP contribution in [0.2, 0.25) is 0 Å². The molecule has 1 unspecified atom stereocenters. The van der Waals surface area contributed by atoms with Crippen molar-refractivity contribution in [1.82, 2.24) is 0 Å². The SMILES string of the molecule is COc1ccc(OC(CCc2ccccc2)C(=O)O)c(C[N+](=O)OC)c1. The first-order valence-electron chi connectivity index (χ1n) is 8.12. The van der Waals surface area contributed by atoms with E-state index in [4.69, 9.17) is 9.47 Å². The Kier molecular flexibility index (Phi) is 6.96. The molecule has 0 bridgehead atoms. The van der Waals surface area contributed by atoms with Gasteiger partial charge in [-0.2, -0.15) is 0 Å². The van der Waals surface area contributed by atoms with Crippen molar-refractivity contribution in [2.24, 2.45) is 0 Å². The molecule has 0 aromatic heterocycles. The lowest BCUT2D eigenvalue weighted by Gasteiger charge is -2.17. The lowest BCUT2D eigenvalue weighted by molar-refractivity contribution is -0.807. The van der Waals surface area contributed by atoms with Gasteiger partial charge in [-0.05, 0) is 36.6 Å². The van der Waals surface area contributed by atoms with Gasteiger partial charge in [0.15, 0.2) is 13.2 Å². The second kappa shape index (κ2) is 9.41. The molecule has 0 aliphatic heterocycles. The summed E-state index contributed by atoms with van der Waals surface area (Å²) in [6.07, 6.45) is -0.171. The maximum Gasteiger partial charge on any atom is 0.344 e. The van der Waals surface area contributed by atoms with Crippen LogP contribution in [0.25, 0.3) is 0 Å². The van der Waals surface area contributed by atoms with Crippen molar-refractivity contribution in [3.63, 3.8) is 0 Å². The van der Waals surface area contributed by atoms with Crippen LogP contribution in [0.4, 0.5) is 0 Å². The average molecular weight is 360 g/mol. The molecule has 0 radical (unpaired) electrons. The highest BCUT2D eigenvalue weighted by molar-refractivity contribution is 5.72. The quantitative estimate of drug-likeness (QED) is 0.656. The number of carboxylic acids is 1. The molecule has 0 fully saturated rings. The number of rotatable bonds is 10. The van der Waals surface area contributed by atoms with Crippen molar-refractivity contribution in [2.75, 3.05) is 14.2 Å². The third-order valence-electron chi connectivity index (χ3n) is 3.85. The number of aliphatic carboxylic acids is 1. The van der Waals surface area contributed by atoms with E-state index in [0.717, 1.165) is 5.56 Å². The Morgan fingerprint density at radius 2 is 1.88 bits per heavy atom. The summed E-state index contributed by atoms with van der Waals surface area (Å²) >= 11 is 0. The summed E-state index contributed by atoms with van der Waals surface area (Å²) in [6, 6.07) is 14.4. The maximum absolute atomic E-state index is 11.6. The van der Waals surface area contributed by atoms with Gasteiger partial charge >= 0.3 is 5.97 Å². The van der Waals surface area contributed by atoms with E-state index in [1.807, 2.05) is 30.3 Å². The van der Waals surface area contributed by atoms with Gasteiger partial charge in [0.05, 0.1) is 17.6 Å². The number of hydrogen-bond acceptors (Lipinski definition) is 5. The molecule has 0 amide bonds. The molecule has 0 spiro atoms. The van der Waals surface area contributed by atoms with Gasteiger partial charge in [0.2, 0.25) is 4.92 Å². The first-order chi connectivity index (χ1) is 12.5. The predicted molar refractivity (Wildman–Crippen MR) is 94.1 cm³/mol. The molecule has 138 valence electrons. The van der Waals surface area contributed by atoms with Gasteiger partial charge in [0, 0.05) is 0 Å². The van der Waals surface area contributed by atoms with Crippen LogP contribution in [0, 0.1) is 4.91 Å². The largest absolute Gasteiger partial charge is 0.497 e. The summed E-state index contributed by atoms with van der Waals surface area (Å²) in [7, 11) is 2.76. The van der Waals surface area contributed by atoms with Crippen molar-refractivity contribution < 1.29 is 29.1 Å². The molecule has 0 heterocycles. The molecule has 0 aliphatic rings. The monoisotopic (exact) mass is 360 g/mol. The molecule has 0 aliphatic carbocycles. The molecule has 7 nitrogen and oxygen atoms in total. The summed E-state index contributed by atoms with van der Waals surface area (Å²) in [4.78, 5) is 28.1. The van der Waals surface area contributed by atoms with Crippen LogP contribution in [0.5, 0.6) is 11.5 Å². The number of aryl methyl sites for hydroxylation is 1. The summed E-state index contributed by atoms with van der Waals surface area (Å²) in [5.74, 6) is -0.217. The van der Waals surface area contributed by atoms with Gasteiger partial charge in [-0.1, -0.05) is 30.3 Å². The second-order valence-corrected chi connectivity index (χ2v) is 5.62. The number of methoxy groups -OCH3 is 1. The maximum atomic E-state index is 11.6. The van der Waals surface area contributed by atoms with Crippen molar-refractivity contribution in [2.45, 2.75) is 25.5 Å². The molecule has 2 rings (SSSR count). The van der Waals surface area contributed by atoms with Crippen LogP contribution in [0.1, 0.15) is 17.5 Å². The Bertz CT molecular complexity index is 747. The summed E-state index contributed by atoms with van der Waals surface area (Å²) in [5, 5.41) is 9.49. The third-order valence-corrected chi connectivity index (χ3v) is 3.85. The van der Waals surface area contributed by atoms with E-state index in [0.29, 0.717) is 34.8 Å². The molecule has 0 saturated heterocycles. The smallest absolute Gasteiger partial charge is 0.344 e. The molecule has 2 aromatic rings. The van der Waals surface area contributed by atoms with Crippen LogP contribution in [0.3, 0.4) is 0 Å². The third kappa shape index (κ3) is 5.47. The first kappa shape index (κ1) is 19.2. The highest BCUT2D eigenvalue weighted by atomic mass is 16.8. The number of nitrogens with zero attached hydrogens (tertiary/aromatic N) is 1. The highest BCUT2D eigenvalue weighted by Gasteiger charge is 2.23. The zero-order chi connectivity index (χ0) is 18.9. The van der Waals surface area contributed by atoms with E-state index in [1.165, 1.54) is 14.2 Å². The van der Waals surface area contributed by atoms with E-state index in [-0.39, 0.29) is 6.54 Å². The summed E-state index contributed by atoms with van der Waals surface area (Å²) < 4.78 is 10.8. The van der Waals surface area contributed by atoms with Gasteiger partial charge in [-0.3, -0.25) is 0 Å². The average Bonchev–Trinajstić information content (AvgIpc) is 2.66. The molecule has 26 heavy (non-hydrogen) atoms. The van der Waals surface area contributed by atoms with Crippen molar-refractivity contribution in [3.8, 4) is 11.5 Å². The highest BCUT2D eigenvalue weighted by Crippen LogP contribution is 2.26. The van der Waals surface area contributed by atoms with Crippen molar-refractivity contribution in [3.05, 3.63) is 64.6 Å². The Balaban J connectivity index is 2.16. The fraction of sp³-hybridized carbons (Fsp3) is 0.316. The van der Waals surface area contributed by atoms with Gasteiger partial charge < -0.3 is 14.6 Å². The van der Waals surface area contributed by atoms with Crippen molar-refractivity contribution in [1.29, 1.82) is 0 Å². The summed E-state index contributed by atoms with van der Waals surface area (Å²) in [5.41, 5.74) is 1.51. The van der Waals surface area contributed by atoms with Crippen LogP contribution in [-0.4, -0.2) is 36.3 Å². The second-order valence-electron chi connectivity index (χ2n) is 5.62. The number of benzene rings is 2. The zero-order valence-corrected chi connectivity index (χ0v) is 14.8. The fourth-order valence-corrected chi connectivity index (χ4v) is 2.45. The Labute approximate surface area is 151 Å². The number of hydrogen-bond donors (Lipinski definition) is 1. The van der Waals surface area contributed by atoms with Gasteiger partial charge in [0.25, 0.3) is 6.54 Å². The molecule has 0 saturated carbocycles. The van der Waals surface area contributed by atoms with Gasteiger partial charge in [-0.15, -0.1) is 0 Å². The van der Waals surface area contributed by atoms with Crippen LogP contribution in [-0.2, 0) is 22.6 Å². The predicted octanol–water partition coefficient (Wildman–Crippen LogP) is 3.00. The summed E-state index contributed by atoms with van der Waals surface area (Å²) in [6.45, 7) is -0.117. The normalized spacial score (nSPS) is 11.5. The Hall–Kier alpha value is -3.09. The standard InChI is InChI=1S/C19H21NO6/c1-24-16-9-11-17(15(12-16)13-20(23)25-2)26-18(19(21)22)10-8-14-6-4-3-5-7-14/h3-7,9,11-12,18H,8,10,13H2,1-2H3/p+1. The minimum absolute atomic E-state index is 0.117. The van der Waals surface area contributed by atoms with Crippen LogP contribution < -0.4 is 9.47 Å². The number of ether oxygens (including phenoxy) is 2. The molecular weight excluding hydrogens is 338 g/mol. The van der Waals surface area contributed by atoms with E-state index in [1.54, 1.807) is 18.2 Å². The lowest BCUT2D eigenvalue weighted by Crippen LogP contribution is -2.28. The van der Waals surface area contributed by atoms with Crippen LogP contribution in [0.15, 0.2) is 48.5 Å². The minimum atomic E-state index is -1.06. The number of carboxylic acid groups (broad SMARTS) is 1. The fourth-order valence-electron chi connectivity index (χ4n) is 2.45. The molecule has 7 heteroatoms. The Morgan fingerprint density at radius 1 is 1.15 bits per heavy atom. The lowest BCUT2D eigenvalue weighted by atomic mass is 10.1. The van der Waals surface area contributed by atoms with Crippen molar-refractivity contribution >= 4 is 5.97 Å². The van der Waals surface area contributed by atoms with E-state index < -0.39 is 12.1 Å². The van der Waals surface area contributed by atoms with E-state index >= 15 is 0 Å².